The summed E-state index contributed by atoms with van der Waals surface area (Å²) in [5.74, 6) is 6.14. The molecule has 2 fully saturated rings. The van der Waals surface area contributed by atoms with Crippen LogP contribution in [0.2, 0.25) is 11.6 Å². The second-order valence-corrected chi connectivity index (χ2v) is 38.9. The summed E-state index contributed by atoms with van der Waals surface area (Å²) in [5.41, 5.74) is 42.3. The van der Waals surface area contributed by atoms with Crippen LogP contribution >= 0.6 is 0 Å². The minimum atomic E-state index is 0.616. The van der Waals surface area contributed by atoms with Gasteiger partial charge >= 0.3 is 0 Å². The van der Waals surface area contributed by atoms with Crippen LogP contribution in [0.25, 0.3) is 88.0 Å². The summed E-state index contributed by atoms with van der Waals surface area (Å²) in [7, 11) is 12.7. The summed E-state index contributed by atoms with van der Waals surface area (Å²) in [6, 6.07) is 123. The number of anilines is 9. The van der Waals surface area contributed by atoms with Crippen LogP contribution in [0.15, 0.2) is 340 Å². The summed E-state index contributed by atoms with van der Waals surface area (Å²) in [6.07, 6.45) is 5.48. The van der Waals surface area contributed by atoms with Gasteiger partial charge in [-0.2, -0.15) is 0 Å². The molecule has 17 aromatic carbocycles. The number of hydrogen-bond acceptors (Lipinski definition) is 3. The van der Waals surface area contributed by atoms with Crippen molar-refractivity contribution in [3.05, 3.63) is 406 Å². The molecule has 4 radical (unpaired) electrons. The van der Waals surface area contributed by atoms with Crippen LogP contribution in [0.4, 0.5) is 51.2 Å². The van der Waals surface area contributed by atoms with Gasteiger partial charge in [-0.05, 0) is 352 Å². The zero-order valence-electron chi connectivity index (χ0n) is 80.9. The van der Waals surface area contributed by atoms with Crippen LogP contribution < -0.4 is 31.1 Å². The van der Waals surface area contributed by atoms with Gasteiger partial charge in [0.25, 0.3) is 0 Å². The van der Waals surface area contributed by atoms with Crippen molar-refractivity contribution in [2.24, 2.45) is 35.5 Å². The standard InChI is InChI=1S/C56H66BN.C38H32BN.C32H28BN/c1-35-31-37(3)54(38(4)32-35)57(55-39(5)33-36(2)34-40(55)6)56-43(9)41(7)53(42(8)44(56)10)48-25-23-45(24-26-48)46-27-29-50(30-28-46)58(49-19-12-11-13-20-49)52-22-16-18-47-17-14-15-21-51(47)52;1-25-27(3)38(39)28(4)26(2)37(25)32-19-17-29(18-20-32)30-21-23-34(24-22-30)40(33-13-6-5-7-14-33)36-16-10-12-31-11-8-9-15-35(31)36;1-21-23(3)32(33)24(4)22(2)31(21)26-15-17-29(18-16-26)34(28-12-6-5-7-13-28)30-19-14-25-10-8-9-11-27(25)20-30/h11-30,35-40,54-55H,31-34H2,1-10H3;5-24H,1-4H3;5-20H,1-4H3. The zero-order chi connectivity index (χ0) is 92.4. The number of nitrogens with zero attached hydrogens (tertiary/aromatic N) is 3. The van der Waals surface area contributed by atoms with E-state index < -0.39 is 0 Å². The lowest BCUT2D eigenvalue weighted by Crippen LogP contribution is -2.52. The second kappa shape index (κ2) is 39.3. The first-order valence-electron chi connectivity index (χ1n) is 48.2. The fourth-order valence-corrected chi connectivity index (χ4v) is 23.6. The highest BCUT2D eigenvalue weighted by Crippen LogP contribution is 2.54. The lowest BCUT2D eigenvalue weighted by atomic mass is 9.22. The highest BCUT2D eigenvalue weighted by molar-refractivity contribution is 6.77. The van der Waals surface area contributed by atoms with Crippen molar-refractivity contribution < 1.29 is 0 Å². The maximum atomic E-state index is 6.36. The lowest BCUT2D eigenvalue weighted by molar-refractivity contribution is 0.206. The average Bonchev–Trinajstić information content (AvgIpc) is 0.731. The van der Waals surface area contributed by atoms with E-state index >= 15 is 0 Å². The molecule has 6 heteroatoms. The zero-order valence-corrected chi connectivity index (χ0v) is 80.9. The number of fused-ring (bicyclic) bond motifs is 3. The minimum Gasteiger partial charge on any atom is -0.310 e. The third-order valence-corrected chi connectivity index (χ3v) is 30.7. The van der Waals surface area contributed by atoms with E-state index in [1.807, 2.05) is 0 Å². The first-order valence-corrected chi connectivity index (χ1v) is 48.2. The van der Waals surface area contributed by atoms with Crippen LogP contribution in [0, 0.1) is 119 Å². The fraction of sp³-hybridized carbons (Fsp3) is 0.238. The smallest absolute Gasteiger partial charge is 0.183 e. The Bertz CT molecular complexity index is 6830. The quantitative estimate of drug-likeness (QED) is 0.0842. The van der Waals surface area contributed by atoms with Gasteiger partial charge in [0.15, 0.2) is 6.71 Å². The van der Waals surface area contributed by atoms with Crippen molar-refractivity contribution in [2.75, 3.05) is 14.7 Å². The van der Waals surface area contributed by atoms with Crippen LogP contribution in [-0.4, -0.2) is 22.4 Å². The molecular weight excluding hydrogens is 1590 g/mol. The second-order valence-electron chi connectivity index (χ2n) is 38.9. The molecule has 2 aliphatic rings. The molecule has 3 nitrogen and oxygen atoms in total. The van der Waals surface area contributed by atoms with Crippen LogP contribution in [0.3, 0.4) is 0 Å². The van der Waals surface area contributed by atoms with E-state index in [1.165, 1.54) is 181 Å². The van der Waals surface area contributed by atoms with Gasteiger partial charge in [0.1, 0.15) is 15.7 Å². The monoisotopic (exact) mass is 1710 g/mol. The molecule has 654 valence electrons. The molecule has 19 rings (SSSR count). The molecule has 0 bridgehead atoms. The largest absolute Gasteiger partial charge is 0.310 e. The first-order chi connectivity index (χ1) is 63.8. The highest BCUT2D eigenvalue weighted by atomic mass is 15.2. The van der Waals surface area contributed by atoms with Crippen LogP contribution in [-0.2, 0) is 0 Å². The Hall–Kier alpha value is -12.9. The molecule has 0 N–H and O–H groups in total. The van der Waals surface area contributed by atoms with Crippen molar-refractivity contribution in [1.29, 1.82) is 0 Å². The van der Waals surface area contributed by atoms with Crippen molar-refractivity contribution in [1.82, 2.24) is 0 Å². The van der Waals surface area contributed by atoms with Crippen molar-refractivity contribution in [3.63, 3.8) is 0 Å². The molecule has 0 spiro atoms. The molecule has 2 aliphatic carbocycles. The number of hydrogen-bond donors (Lipinski definition) is 0. The number of para-hydroxylation sites is 3. The van der Waals surface area contributed by atoms with E-state index in [-0.39, 0.29) is 0 Å². The molecule has 132 heavy (non-hydrogen) atoms. The van der Waals surface area contributed by atoms with E-state index in [2.05, 4.69) is 479 Å². The summed E-state index contributed by atoms with van der Waals surface area (Å²) in [5, 5.41) is 7.43. The molecule has 0 aromatic heterocycles. The average molecular weight is 1710 g/mol. The molecule has 17 aromatic rings. The Morgan fingerprint density at radius 2 is 0.470 bits per heavy atom. The summed E-state index contributed by atoms with van der Waals surface area (Å²) in [4.78, 5) is 7.04. The van der Waals surface area contributed by atoms with E-state index in [9.17, 15) is 0 Å². The number of benzene rings is 17. The lowest BCUT2D eigenvalue weighted by Gasteiger charge is -2.50. The van der Waals surface area contributed by atoms with Crippen LogP contribution in [0.1, 0.15) is 134 Å². The molecular formula is C126H126B3N3. The van der Waals surface area contributed by atoms with Gasteiger partial charge < -0.3 is 14.7 Å². The summed E-state index contributed by atoms with van der Waals surface area (Å²) >= 11 is 0. The Morgan fingerprint density at radius 3 is 0.818 bits per heavy atom. The third-order valence-electron chi connectivity index (χ3n) is 30.7. The maximum absolute atomic E-state index is 6.36. The van der Waals surface area contributed by atoms with E-state index in [4.69, 9.17) is 15.7 Å². The molecule has 4 unspecified atom stereocenters. The Balaban J connectivity index is 0.000000144. The Labute approximate surface area is 791 Å². The van der Waals surface area contributed by atoms with Gasteiger partial charge in [0.2, 0.25) is 0 Å². The maximum Gasteiger partial charge on any atom is 0.183 e. The fourth-order valence-electron chi connectivity index (χ4n) is 23.6. The topological polar surface area (TPSA) is 9.72 Å². The van der Waals surface area contributed by atoms with E-state index in [0.29, 0.717) is 6.71 Å². The minimum absolute atomic E-state index is 0.616. The third kappa shape index (κ3) is 18.1. The van der Waals surface area contributed by atoms with Gasteiger partial charge in [0, 0.05) is 50.6 Å². The first kappa shape index (κ1) is 91.0. The Kier molecular flexibility index (Phi) is 27.1. The van der Waals surface area contributed by atoms with Gasteiger partial charge in [-0.3, -0.25) is 0 Å². The van der Waals surface area contributed by atoms with Gasteiger partial charge in [-0.25, -0.2) is 0 Å². The van der Waals surface area contributed by atoms with Gasteiger partial charge in [-0.1, -0.05) is 346 Å². The van der Waals surface area contributed by atoms with Gasteiger partial charge in [-0.15, -0.1) is 0 Å². The predicted molar refractivity (Wildman–Crippen MR) is 577 cm³/mol. The van der Waals surface area contributed by atoms with E-state index in [0.717, 1.165) is 97.9 Å². The van der Waals surface area contributed by atoms with Crippen molar-refractivity contribution in [3.8, 4) is 55.6 Å². The molecule has 0 heterocycles. The molecule has 0 saturated heterocycles. The molecule has 0 aliphatic heterocycles. The molecule has 2 saturated carbocycles. The van der Waals surface area contributed by atoms with Crippen molar-refractivity contribution >= 4 is 122 Å². The summed E-state index contributed by atoms with van der Waals surface area (Å²) in [6.45, 7) is 43.0. The predicted octanol–water partition coefficient (Wildman–Crippen LogP) is 33.4. The molecule has 0 amide bonds. The molecule has 4 atom stereocenters. The van der Waals surface area contributed by atoms with E-state index in [1.54, 1.807) is 16.6 Å². The Morgan fingerprint density at radius 1 is 0.220 bits per heavy atom. The normalized spacial score (nSPS) is 17.1. The van der Waals surface area contributed by atoms with Crippen molar-refractivity contribution in [2.45, 2.75) is 162 Å². The number of rotatable bonds is 17. The summed E-state index contributed by atoms with van der Waals surface area (Å²) < 4.78 is 0. The highest BCUT2D eigenvalue weighted by Gasteiger charge is 2.49. The van der Waals surface area contributed by atoms with Crippen LogP contribution in [0.5, 0.6) is 0 Å². The SMILES string of the molecule is Cc1c(C)c(-c2ccc(-c3ccc(N(c4ccccc4)c4cccc5ccccc45)cc3)cc2)c(C)c(C)c1B(C1C(C)CC(C)CC1C)C1C(C)CC(C)CC1C.[B]c1c(C)c(C)c(-c2ccc(-c3ccc(N(c4ccccc4)c4cccc5ccccc45)cc3)cc2)c(C)c1C.[B]c1c(C)c(C)c(-c2ccc(N(c3ccccc3)c3ccc4ccccc4c3)cc2)c(C)c1C. The van der Waals surface area contributed by atoms with Gasteiger partial charge in [0.05, 0.1) is 11.4 Å².